The molecule has 0 spiro atoms. The second kappa shape index (κ2) is 6.98. The molecule has 3 heterocycles. The third-order valence-corrected chi connectivity index (χ3v) is 5.36. The van der Waals surface area contributed by atoms with E-state index < -0.39 is 4.92 Å². The zero-order valence-electron chi connectivity index (χ0n) is 15.6. The van der Waals surface area contributed by atoms with E-state index in [0.717, 1.165) is 55.1 Å². The number of hydrogen-bond acceptors (Lipinski definition) is 5. The standard InChI is InChI=1S/C20H23N5O2/c1-3-19-22-17-6-4-5-7-18(17)24(19)15-8-10-23(11-9-15)20-14(2)12-16(13-21-20)25(26)27/h4-7,12-13,15H,3,8-11H2,1-2H3. The number of rotatable bonds is 4. The maximum absolute atomic E-state index is 10.9. The van der Waals surface area contributed by atoms with Crippen molar-refractivity contribution in [3.63, 3.8) is 0 Å². The van der Waals surface area contributed by atoms with Gasteiger partial charge in [-0.15, -0.1) is 0 Å². The fourth-order valence-electron chi connectivity index (χ4n) is 4.07. The Kier molecular flexibility index (Phi) is 4.51. The molecule has 0 aliphatic carbocycles. The molecule has 0 unspecified atom stereocenters. The summed E-state index contributed by atoms with van der Waals surface area (Å²) >= 11 is 0. The summed E-state index contributed by atoms with van der Waals surface area (Å²) in [4.78, 5) is 21.9. The van der Waals surface area contributed by atoms with Gasteiger partial charge < -0.3 is 9.47 Å². The third-order valence-electron chi connectivity index (χ3n) is 5.36. The number of aromatic nitrogens is 3. The van der Waals surface area contributed by atoms with Crippen molar-refractivity contribution in [1.29, 1.82) is 0 Å². The highest BCUT2D eigenvalue weighted by Gasteiger charge is 2.25. The van der Waals surface area contributed by atoms with Gasteiger partial charge in [0.05, 0.1) is 16.0 Å². The monoisotopic (exact) mass is 365 g/mol. The van der Waals surface area contributed by atoms with E-state index in [1.165, 1.54) is 11.7 Å². The number of fused-ring (bicyclic) bond motifs is 1. The summed E-state index contributed by atoms with van der Waals surface area (Å²) in [6.07, 6.45) is 4.28. The smallest absolute Gasteiger partial charge is 0.287 e. The van der Waals surface area contributed by atoms with Crippen LogP contribution >= 0.6 is 0 Å². The molecule has 1 aliphatic heterocycles. The summed E-state index contributed by atoms with van der Waals surface area (Å²) in [6.45, 7) is 5.80. The number of imidazole rings is 1. The fraction of sp³-hybridized carbons (Fsp3) is 0.400. The molecular formula is C20H23N5O2. The predicted octanol–water partition coefficient (Wildman–Crippen LogP) is 4.05. The highest BCUT2D eigenvalue weighted by atomic mass is 16.6. The van der Waals surface area contributed by atoms with Crippen LogP contribution in [-0.4, -0.2) is 32.5 Å². The lowest BCUT2D eigenvalue weighted by Gasteiger charge is -2.35. The Labute approximate surface area is 157 Å². The van der Waals surface area contributed by atoms with Crippen molar-refractivity contribution >= 4 is 22.5 Å². The van der Waals surface area contributed by atoms with Gasteiger partial charge >= 0.3 is 0 Å². The molecule has 27 heavy (non-hydrogen) atoms. The minimum absolute atomic E-state index is 0.0450. The largest absolute Gasteiger partial charge is 0.356 e. The van der Waals surface area contributed by atoms with Gasteiger partial charge in [0, 0.05) is 31.6 Å². The summed E-state index contributed by atoms with van der Waals surface area (Å²) in [5.41, 5.74) is 3.16. The molecule has 0 radical (unpaired) electrons. The first-order chi connectivity index (χ1) is 13.1. The Balaban J connectivity index is 1.56. The minimum Gasteiger partial charge on any atom is -0.356 e. The Morgan fingerprint density at radius 3 is 2.67 bits per heavy atom. The number of aryl methyl sites for hydroxylation is 2. The number of nitro groups is 1. The Hall–Kier alpha value is -2.96. The molecule has 1 aromatic carbocycles. The van der Waals surface area contributed by atoms with E-state index in [4.69, 9.17) is 4.98 Å². The summed E-state index contributed by atoms with van der Waals surface area (Å²) < 4.78 is 2.41. The zero-order chi connectivity index (χ0) is 19.0. The van der Waals surface area contributed by atoms with E-state index in [0.29, 0.717) is 6.04 Å². The third kappa shape index (κ3) is 3.13. The number of anilines is 1. The quantitative estimate of drug-likeness (QED) is 0.515. The molecule has 1 aliphatic rings. The molecule has 0 N–H and O–H groups in total. The number of hydrogen-bond donors (Lipinski definition) is 0. The minimum atomic E-state index is -0.396. The van der Waals surface area contributed by atoms with Gasteiger partial charge in [0.25, 0.3) is 5.69 Å². The van der Waals surface area contributed by atoms with Crippen molar-refractivity contribution in [3.05, 3.63) is 58.0 Å². The molecule has 0 atom stereocenters. The molecule has 0 saturated carbocycles. The van der Waals surface area contributed by atoms with E-state index >= 15 is 0 Å². The van der Waals surface area contributed by atoms with E-state index in [2.05, 4.69) is 39.6 Å². The predicted molar refractivity (Wildman–Crippen MR) is 105 cm³/mol. The van der Waals surface area contributed by atoms with Crippen molar-refractivity contribution in [1.82, 2.24) is 14.5 Å². The normalized spacial score (nSPS) is 15.4. The van der Waals surface area contributed by atoms with Gasteiger partial charge in [0.2, 0.25) is 0 Å². The van der Waals surface area contributed by atoms with Crippen molar-refractivity contribution in [2.24, 2.45) is 0 Å². The van der Waals surface area contributed by atoms with Gasteiger partial charge in [-0.3, -0.25) is 10.1 Å². The fourth-order valence-corrected chi connectivity index (χ4v) is 4.07. The number of pyridine rings is 1. The molecule has 4 rings (SSSR count). The number of benzene rings is 1. The van der Waals surface area contributed by atoms with E-state index in [1.54, 1.807) is 6.07 Å². The van der Waals surface area contributed by atoms with E-state index in [9.17, 15) is 10.1 Å². The summed E-state index contributed by atoms with van der Waals surface area (Å²) in [6, 6.07) is 10.3. The molecule has 0 bridgehead atoms. The lowest BCUT2D eigenvalue weighted by atomic mass is 10.0. The van der Waals surface area contributed by atoms with Gasteiger partial charge in [0.15, 0.2) is 0 Å². The van der Waals surface area contributed by atoms with Crippen LogP contribution in [0.25, 0.3) is 11.0 Å². The Morgan fingerprint density at radius 2 is 2.00 bits per heavy atom. The van der Waals surface area contributed by atoms with Gasteiger partial charge in [0.1, 0.15) is 17.8 Å². The second-order valence-electron chi connectivity index (χ2n) is 7.05. The number of nitrogens with zero attached hydrogens (tertiary/aromatic N) is 5. The van der Waals surface area contributed by atoms with Crippen LogP contribution in [0, 0.1) is 17.0 Å². The average Bonchev–Trinajstić information content (AvgIpc) is 3.06. The highest BCUT2D eigenvalue weighted by molar-refractivity contribution is 5.76. The van der Waals surface area contributed by atoms with Crippen molar-refractivity contribution in [2.75, 3.05) is 18.0 Å². The van der Waals surface area contributed by atoms with Crippen LogP contribution in [0.1, 0.15) is 37.2 Å². The summed E-state index contributed by atoms with van der Waals surface area (Å²) in [5.74, 6) is 1.99. The number of para-hydroxylation sites is 2. The second-order valence-corrected chi connectivity index (χ2v) is 7.05. The SMILES string of the molecule is CCc1nc2ccccc2n1C1CCN(c2ncc([N+](=O)[O-])cc2C)CC1. The molecule has 7 nitrogen and oxygen atoms in total. The van der Waals surface area contributed by atoms with Gasteiger partial charge in [-0.05, 0) is 37.5 Å². The van der Waals surface area contributed by atoms with Crippen molar-refractivity contribution < 1.29 is 4.92 Å². The molecule has 1 fully saturated rings. The van der Waals surface area contributed by atoms with E-state index in [1.807, 2.05) is 13.0 Å². The maximum Gasteiger partial charge on any atom is 0.287 e. The van der Waals surface area contributed by atoms with E-state index in [-0.39, 0.29) is 5.69 Å². The molecular weight excluding hydrogens is 342 g/mol. The molecule has 1 saturated heterocycles. The van der Waals surface area contributed by atoms with Crippen LogP contribution in [-0.2, 0) is 6.42 Å². The van der Waals surface area contributed by atoms with Crippen LogP contribution in [0.4, 0.5) is 11.5 Å². The maximum atomic E-state index is 10.9. The van der Waals surface area contributed by atoms with Crippen LogP contribution in [0.2, 0.25) is 0 Å². The molecule has 7 heteroatoms. The lowest BCUT2D eigenvalue weighted by molar-refractivity contribution is -0.385. The summed E-state index contributed by atoms with van der Waals surface area (Å²) in [7, 11) is 0. The van der Waals surface area contributed by atoms with Gasteiger partial charge in [-0.1, -0.05) is 19.1 Å². The van der Waals surface area contributed by atoms with Gasteiger partial charge in [-0.2, -0.15) is 0 Å². The number of piperidine rings is 1. The van der Waals surface area contributed by atoms with Crippen LogP contribution in [0.5, 0.6) is 0 Å². The van der Waals surface area contributed by atoms with Crippen LogP contribution in [0.15, 0.2) is 36.5 Å². The lowest BCUT2D eigenvalue weighted by Crippen LogP contribution is -2.36. The van der Waals surface area contributed by atoms with Crippen molar-refractivity contribution in [2.45, 2.75) is 39.2 Å². The first-order valence-electron chi connectivity index (χ1n) is 9.40. The highest BCUT2D eigenvalue weighted by Crippen LogP contribution is 2.32. The van der Waals surface area contributed by atoms with Crippen LogP contribution in [0.3, 0.4) is 0 Å². The molecule has 0 amide bonds. The Bertz CT molecular complexity index is 989. The van der Waals surface area contributed by atoms with Crippen LogP contribution < -0.4 is 4.90 Å². The summed E-state index contributed by atoms with van der Waals surface area (Å²) in [5, 5.41) is 10.9. The Morgan fingerprint density at radius 1 is 1.26 bits per heavy atom. The molecule has 3 aromatic rings. The van der Waals surface area contributed by atoms with Crippen molar-refractivity contribution in [3.8, 4) is 0 Å². The first-order valence-corrected chi connectivity index (χ1v) is 9.40. The molecule has 2 aromatic heterocycles. The first kappa shape index (κ1) is 17.5. The zero-order valence-corrected chi connectivity index (χ0v) is 15.6. The van der Waals surface area contributed by atoms with Gasteiger partial charge in [-0.25, -0.2) is 9.97 Å². The average molecular weight is 365 g/mol. The topological polar surface area (TPSA) is 77.1 Å². The molecule has 140 valence electrons.